The van der Waals surface area contributed by atoms with Gasteiger partial charge >= 0.3 is 0 Å². The third-order valence-corrected chi connectivity index (χ3v) is 3.62. The number of benzene rings is 1. The summed E-state index contributed by atoms with van der Waals surface area (Å²) in [6.45, 7) is 4.85. The quantitative estimate of drug-likeness (QED) is 0.821. The van der Waals surface area contributed by atoms with Gasteiger partial charge in [-0.05, 0) is 31.5 Å². The molecule has 1 aromatic rings. The van der Waals surface area contributed by atoms with Crippen LogP contribution in [0.25, 0.3) is 0 Å². The Hall–Kier alpha value is 0.240. The van der Waals surface area contributed by atoms with Crippen molar-refractivity contribution in [3.8, 4) is 0 Å². The molecule has 0 aliphatic heterocycles. The molecule has 0 aliphatic rings. The third-order valence-electron chi connectivity index (χ3n) is 2.11. The van der Waals surface area contributed by atoms with E-state index in [0.717, 1.165) is 21.6 Å². The molecule has 1 nitrogen and oxygen atoms in total. The molecule has 0 atom stereocenters. The Kier molecular flexibility index (Phi) is 4.91. The van der Waals surface area contributed by atoms with Crippen LogP contribution in [0.4, 0.5) is 0 Å². The van der Waals surface area contributed by atoms with Gasteiger partial charge in [0.1, 0.15) is 0 Å². The molecule has 4 heteroatoms. The SMILES string of the molecule is CC(C)(CCl)NCc1ccc(Br)cc1Cl. The highest BCUT2D eigenvalue weighted by molar-refractivity contribution is 9.10. The maximum Gasteiger partial charge on any atom is 0.0462 e. The minimum atomic E-state index is -0.0715. The molecule has 0 saturated heterocycles. The van der Waals surface area contributed by atoms with E-state index >= 15 is 0 Å². The second kappa shape index (κ2) is 5.53. The molecule has 0 bridgehead atoms. The number of halogens is 3. The van der Waals surface area contributed by atoms with Crippen molar-refractivity contribution in [2.24, 2.45) is 0 Å². The van der Waals surface area contributed by atoms with Crippen molar-refractivity contribution in [1.82, 2.24) is 5.32 Å². The van der Waals surface area contributed by atoms with Crippen LogP contribution in [-0.4, -0.2) is 11.4 Å². The Labute approximate surface area is 109 Å². The third kappa shape index (κ3) is 4.31. The smallest absolute Gasteiger partial charge is 0.0462 e. The molecule has 1 rings (SSSR count). The van der Waals surface area contributed by atoms with Crippen LogP contribution in [0.2, 0.25) is 5.02 Å². The van der Waals surface area contributed by atoms with Gasteiger partial charge in [-0.1, -0.05) is 33.6 Å². The van der Waals surface area contributed by atoms with E-state index in [9.17, 15) is 0 Å². The summed E-state index contributed by atoms with van der Waals surface area (Å²) in [4.78, 5) is 0. The number of hydrogen-bond acceptors (Lipinski definition) is 1. The first-order valence-electron chi connectivity index (χ1n) is 4.69. The van der Waals surface area contributed by atoms with E-state index in [1.54, 1.807) is 0 Å². The van der Waals surface area contributed by atoms with Crippen LogP contribution in [0.15, 0.2) is 22.7 Å². The number of alkyl halides is 1. The molecule has 0 saturated carbocycles. The van der Waals surface area contributed by atoms with Crippen LogP contribution in [0.1, 0.15) is 19.4 Å². The Bertz CT molecular complexity index is 339. The van der Waals surface area contributed by atoms with Gasteiger partial charge in [0.05, 0.1) is 0 Å². The highest BCUT2D eigenvalue weighted by Gasteiger charge is 2.15. The lowest BCUT2D eigenvalue weighted by Gasteiger charge is -2.23. The van der Waals surface area contributed by atoms with E-state index in [-0.39, 0.29) is 5.54 Å². The maximum atomic E-state index is 6.10. The average Bonchev–Trinajstić information content (AvgIpc) is 2.16. The van der Waals surface area contributed by atoms with Crippen molar-refractivity contribution in [2.75, 3.05) is 5.88 Å². The number of hydrogen-bond donors (Lipinski definition) is 1. The molecule has 1 N–H and O–H groups in total. The van der Waals surface area contributed by atoms with E-state index in [2.05, 4.69) is 35.1 Å². The van der Waals surface area contributed by atoms with Gasteiger partial charge in [-0.2, -0.15) is 0 Å². The van der Waals surface area contributed by atoms with Crippen molar-refractivity contribution < 1.29 is 0 Å². The van der Waals surface area contributed by atoms with Crippen LogP contribution >= 0.6 is 39.1 Å². The molecule has 0 unspecified atom stereocenters. The van der Waals surface area contributed by atoms with Crippen LogP contribution < -0.4 is 5.32 Å². The zero-order valence-electron chi connectivity index (χ0n) is 8.78. The van der Waals surface area contributed by atoms with Crippen molar-refractivity contribution in [2.45, 2.75) is 25.9 Å². The lowest BCUT2D eigenvalue weighted by molar-refractivity contribution is 0.429. The largest absolute Gasteiger partial charge is 0.306 e. The summed E-state index contributed by atoms with van der Waals surface area (Å²) in [7, 11) is 0. The Balaban J connectivity index is 2.66. The first-order chi connectivity index (χ1) is 6.94. The van der Waals surface area contributed by atoms with Gasteiger partial charge < -0.3 is 5.32 Å². The topological polar surface area (TPSA) is 12.0 Å². The van der Waals surface area contributed by atoms with E-state index in [1.165, 1.54) is 0 Å². The molecule has 15 heavy (non-hydrogen) atoms. The average molecular weight is 311 g/mol. The molecule has 0 heterocycles. The summed E-state index contributed by atoms with van der Waals surface area (Å²) in [6.07, 6.45) is 0. The summed E-state index contributed by atoms with van der Waals surface area (Å²) in [6, 6.07) is 5.88. The zero-order valence-corrected chi connectivity index (χ0v) is 11.9. The van der Waals surface area contributed by atoms with Gasteiger partial charge in [0.25, 0.3) is 0 Å². The Morgan fingerprint density at radius 2 is 2.07 bits per heavy atom. The van der Waals surface area contributed by atoms with Crippen LogP contribution in [-0.2, 0) is 6.54 Å². The molecule has 0 radical (unpaired) electrons. The van der Waals surface area contributed by atoms with Gasteiger partial charge in [-0.25, -0.2) is 0 Å². The van der Waals surface area contributed by atoms with Crippen molar-refractivity contribution >= 4 is 39.1 Å². The molecule has 1 aromatic carbocycles. The van der Waals surface area contributed by atoms with E-state index in [1.807, 2.05) is 18.2 Å². The summed E-state index contributed by atoms with van der Waals surface area (Å²) in [5.74, 6) is 0.571. The molecule has 84 valence electrons. The number of rotatable bonds is 4. The molecule has 0 fully saturated rings. The molecule has 0 aliphatic carbocycles. The van der Waals surface area contributed by atoms with Crippen LogP contribution in [0.5, 0.6) is 0 Å². The van der Waals surface area contributed by atoms with Crippen LogP contribution in [0, 0.1) is 0 Å². The predicted octanol–water partition coefficient (Wildman–Crippen LogP) is 4.21. The summed E-state index contributed by atoms with van der Waals surface area (Å²) >= 11 is 15.3. The van der Waals surface area contributed by atoms with Crippen molar-refractivity contribution in [1.29, 1.82) is 0 Å². The monoisotopic (exact) mass is 309 g/mol. The first-order valence-corrected chi connectivity index (χ1v) is 6.40. The maximum absolute atomic E-state index is 6.10. The van der Waals surface area contributed by atoms with Gasteiger partial charge in [0.15, 0.2) is 0 Å². The normalized spacial score (nSPS) is 11.8. The highest BCUT2D eigenvalue weighted by atomic mass is 79.9. The predicted molar refractivity (Wildman–Crippen MR) is 70.8 cm³/mol. The lowest BCUT2D eigenvalue weighted by atomic mass is 10.1. The summed E-state index contributed by atoms with van der Waals surface area (Å²) in [5, 5.41) is 4.12. The zero-order chi connectivity index (χ0) is 11.5. The molecule has 0 aromatic heterocycles. The van der Waals surface area contributed by atoms with E-state index < -0.39 is 0 Å². The first kappa shape index (κ1) is 13.3. The van der Waals surface area contributed by atoms with E-state index in [0.29, 0.717) is 5.88 Å². The summed E-state index contributed by atoms with van der Waals surface area (Å²) in [5.41, 5.74) is 1.01. The molecule has 0 spiro atoms. The van der Waals surface area contributed by atoms with E-state index in [4.69, 9.17) is 23.2 Å². The second-order valence-corrected chi connectivity index (χ2v) is 5.70. The molecular weight excluding hydrogens is 297 g/mol. The van der Waals surface area contributed by atoms with Crippen LogP contribution in [0.3, 0.4) is 0 Å². The van der Waals surface area contributed by atoms with Crippen molar-refractivity contribution in [3.05, 3.63) is 33.3 Å². The Morgan fingerprint density at radius 3 is 2.60 bits per heavy atom. The summed E-state index contributed by atoms with van der Waals surface area (Å²) < 4.78 is 0.993. The molecule has 0 amide bonds. The van der Waals surface area contributed by atoms with Gasteiger partial charge in [-0.3, -0.25) is 0 Å². The fourth-order valence-electron chi connectivity index (χ4n) is 1.05. The molecular formula is C11H14BrCl2N. The lowest BCUT2D eigenvalue weighted by Crippen LogP contribution is -2.40. The number of nitrogens with one attached hydrogen (secondary N) is 1. The fourth-order valence-corrected chi connectivity index (χ4v) is 1.88. The van der Waals surface area contributed by atoms with Gasteiger partial charge in [0.2, 0.25) is 0 Å². The minimum absolute atomic E-state index is 0.0715. The Morgan fingerprint density at radius 1 is 1.40 bits per heavy atom. The van der Waals surface area contributed by atoms with Crippen molar-refractivity contribution in [3.63, 3.8) is 0 Å². The highest BCUT2D eigenvalue weighted by Crippen LogP contribution is 2.21. The minimum Gasteiger partial charge on any atom is -0.306 e. The second-order valence-electron chi connectivity index (χ2n) is 4.11. The van der Waals surface area contributed by atoms with Gasteiger partial charge in [-0.15, -0.1) is 11.6 Å². The van der Waals surface area contributed by atoms with Gasteiger partial charge in [0, 0.05) is 27.5 Å². The fraction of sp³-hybridized carbons (Fsp3) is 0.455. The standard InChI is InChI=1S/C11H14BrCl2N/c1-11(2,7-13)15-6-8-3-4-9(12)5-10(8)14/h3-5,15H,6-7H2,1-2H3.